The van der Waals surface area contributed by atoms with E-state index < -0.39 is 0 Å². The van der Waals surface area contributed by atoms with Crippen molar-refractivity contribution in [2.75, 3.05) is 10.6 Å². The number of nitrogens with zero attached hydrogens (tertiary/aromatic N) is 2. The lowest BCUT2D eigenvalue weighted by molar-refractivity contribution is 0.177. The average Bonchev–Trinajstić information content (AvgIpc) is 4.01. The van der Waals surface area contributed by atoms with Gasteiger partial charge in [0.05, 0.1) is 13.1 Å². The van der Waals surface area contributed by atoms with E-state index in [0.29, 0.717) is 25.4 Å². The Hall–Kier alpha value is -5.64. The summed E-state index contributed by atoms with van der Waals surface area (Å²) in [6, 6.07) is 32.1. The maximum Gasteiger partial charge on any atom is 0.322 e. The Morgan fingerprint density at radius 2 is 1.09 bits per heavy atom. The number of amides is 4. The Morgan fingerprint density at radius 3 is 1.53 bits per heavy atom. The summed E-state index contributed by atoms with van der Waals surface area (Å²) in [5, 5.41) is 15.3. The van der Waals surface area contributed by atoms with Crippen LogP contribution in [0, 0.1) is 13.8 Å². The number of hydrogen-bond acceptors (Lipinski definition) is 6. The summed E-state index contributed by atoms with van der Waals surface area (Å²) in [6.07, 6.45) is 8.79. The van der Waals surface area contributed by atoms with Gasteiger partial charge in [-0.3, -0.25) is 0 Å². The highest BCUT2D eigenvalue weighted by atomic mass is 16.5. The Balaban J connectivity index is 0.000000188. The number of carbonyl (C=O) groups is 2. The third-order valence-corrected chi connectivity index (χ3v) is 9.77. The Kier molecular flexibility index (Phi) is 12.8. The highest BCUT2D eigenvalue weighted by Gasteiger charge is 2.29. The summed E-state index contributed by atoms with van der Waals surface area (Å²) in [5.41, 5.74) is 2.55. The first-order chi connectivity index (χ1) is 25.8. The summed E-state index contributed by atoms with van der Waals surface area (Å²) >= 11 is 0. The zero-order chi connectivity index (χ0) is 37.0. The zero-order valence-corrected chi connectivity index (χ0v) is 30.6. The molecule has 3 aromatic carbocycles. The van der Waals surface area contributed by atoms with Gasteiger partial charge in [0, 0.05) is 23.5 Å². The number of benzene rings is 3. The van der Waals surface area contributed by atoms with Gasteiger partial charge in [0.2, 0.25) is 0 Å². The van der Waals surface area contributed by atoms with Crippen molar-refractivity contribution in [1.82, 2.24) is 9.80 Å². The quantitative estimate of drug-likeness (QED) is 0.117. The van der Waals surface area contributed by atoms with Crippen LogP contribution in [0.25, 0.3) is 0 Å². The largest absolute Gasteiger partial charge is 0.508 e. The van der Waals surface area contributed by atoms with E-state index in [2.05, 4.69) is 10.6 Å². The Labute approximate surface area is 311 Å². The van der Waals surface area contributed by atoms with Crippen LogP contribution >= 0.6 is 0 Å². The molecule has 0 saturated heterocycles. The van der Waals surface area contributed by atoms with Gasteiger partial charge in [0.15, 0.2) is 0 Å². The fourth-order valence-electron chi connectivity index (χ4n) is 6.95. The summed E-state index contributed by atoms with van der Waals surface area (Å²) in [7, 11) is 0. The SMILES string of the molecule is Cc1ccc(CN(C(=O)Nc2ccc(O)cc2)C2CCCC2)o1.Cc1ccc(CN(C(=O)Nc2ccc(OCc3ccccc3)cc2)C2CCCC2)o1. The van der Waals surface area contributed by atoms with E-state index in [1.807, 2.05) is 103 Å². The number of carbonyl (C=O) groups excluding carboxylic acids is 2. The number of hydrogen-bond donors (Lipinski definition) is 3. The maximum atomic E-state index is 13.0. The summed E-state index contributed by atoms with van der Waals surface area (Å²) < 4.78 is 17.2. The number of urea groups is 2. The van der Waals surface area contributed by atoms with Crippen molar-refractivity contribution >= 4 is 23.4 Å². The smallest absolute Gasteiger partial charge is 0.322 e. The molecular weight excluding hydrogens is 668 g/mol. The molecule has 7 rings (SSSR count). The molecule has 0 spiro atoms. The van der Waals surface area contributed by atoms with Gasteiger partial charge < -0.3 is 39.1 Å². The molecule has 10 heteroatoms. The van der Waals surface area contributed by atoms with E-state index in [9.17, 15) is 14.7 Å². The monoisotopic (exact) mass is 718 g/mol. The number of phenols is 1. The van der Waals surface area contributed by atoms with Crippen LogP contribution in [0.4, 0.5) is 21.0 Å². The van der Waals surface area contributed by atoms with Crippen LogP contribution < -0.4 is 15.4 Å². The minimum Gasteiger partial charge on any atom is -0.508 e. The molecule has 2 aliphatic rings. The summed E-state index contributed by atoms with van der Waals surface area (Å²) in [4.78, 5) is 29.5. The van der Waals surface area contributed by atoms with Crippen molar-refractivity contribution in [3.8, 4) is 11.5 Å². The molecule has 2 heterocycles. The van der Waals surface area contributed by atoms with E-state index in [-0.39, 0.29) is 29.9 Å². The van der Waals surface area contributed by atoms with Crippen molar-refractivity contribution in [3.05, 3.63) is 132 Å². The first-order valence-corrected chi connectivity index (χ1v) is 18.6. The molecule has 53 heavy (non-hydrogen) atoms. The summed E-state index contributed by atoms with van der Waals surface area (Å²) in [5.74, 6) is 4.29. The number of anilines is 2. The lowest BCUT2D eigenvalue weighted by Gasteiger charge is -2.28. The van der Waals surface area contributed by atoms with Crippen LogP contribution in [-0.4, -0.2) is 39.1 Å². The third-order valence-electron chi connectivity index (χ3n) is 9.77. The normalized spacial score (nSPS) is 14.3. The lowest BCUT2D eigenvalue weighted by Crippen LogP contribution is -2.41. The minimum absolute atomic E-state index is 0.0890. The van der Waals surface area contributed by atoms with E-state index in [0.717, 1.165) is 78.6 Å². The van der Waals surface area contributed by atoms with Crippen LogP contribution in [0.2, 0.25) is 0 Å². The second-order valence-corrected chi connectivity index (χ2v) is 13.9. The average molecular weight is 719 g/mol. The minimum atomic E-state index is -0.128. The maximum absolute atomic E-state index is 13.0. The number of phenolic OH excluding ortho intramolecular Hbond substituents is 1. The van der Waals surface area contributed by atoms with Gasteiger partial charge in [-0.1, -0.05) is 56.0 Å². The zero-order valence-electron chi connectivity index (χ0n) is 30.6. The van der Waals surface area contributed by atoms with Crippen molar-refractivity contribution < 1.29 is 28.3 Å². The Morgan fingerprint density at radius 1 is 0.642 bits per heavy atom. The first-order valence-electron chi connectivity index (χ1n) is 18.6. The predicted octanol–water partition coefficient (Wildman–Crippen LogP) is 10.4. The number of aromatic hydroxyl groups is 1. The molecule has 10 nitrogen and oxygen atoms in total. The van der Waals surface area contributed by atoms with Crippen molar-refractivity contribution in [1.29, 1.82) is 0 Å². The van der Waals surface area contributed by atoms with Crippen LogP contribution in [0.3, 0.4) is 0 Å². The lowest BCUT2D eigenvalue weighted by atomic mass is 10.2. The molecule has 0 atom stereocenters. The topological polar surface area (TPSA) is 120 Å². The molecule has 0 aliphatic heterocycles. The van der Waals surface area contributed by atoms with E-state index >= 15 is 0 Å². The van der Waals surface area contributed by atoms with Gasteiger partial charge in [0.1, 0.15) is 41.1 Å². The van der Waals surface area contributed by atoms with Crippen molar-refractivity contribution in [3.63, 3.8) is 0 Å². The van der Waals surface area contributed by atoms with Gasteiger partial charge in [0.25, 0.3) is 0 Å². The van der Waals surface area contributed by atoms with E-state index in [4.69, 9.17) is 13.6 Å². The highest BCUT2D eigenvalue weighted by Crippen LogP contribution is 2.28. The van der Waals surface area contributed by atoms with Crippen LogP contribution in [0.15, 0.2) is 112 Å². The molecule has 278 valence electrons. The van der Waals surface area contributed by atoms with Gasteiger partial charge >= 0.3 is 12.1 Å². The molecule has 3 N–H and O–H groups in total. The number of nitrogens with one attached hydrogen (secondary N) is 2. The molecule has 2 fully saturated rings. The first kappa shape index (κ1) is 37.1. The molecule has 0 bridgehead atoms. The number of aryl methyl sites for hydroxylation is 2. The van der Waals surface area contributed by atoms with Crippen molar-refractivity contribution in [2.24, 2.45) is 0 Å². The molecular formula is C43H50N4O6. The molecule has 2 aromatic heterocycles. The van der Waals surface area contributed by atoms with Gasteiger partial charge in [-0.25, -0.2) is 9.59 Å². The van der Waals surface area contributed by atoms with E-state index in [1.54, 1.807) is 24.3 Å². The Bertz CT molecular complexity index is 1870. The molecule has 2 aliphatic carbocycles. The van der Waals surface area contributed by atoms with Gasteiger partial charge in [-0.15, -0.1) is 0 Å². The molecule has 4 amide bonds. The number of furan rings is 2. The highest BCUT2D eigenvalue weighted by molar-refractivity contribution is 5.90. The fourth-order valence-corrected chi connectivity index (χ4v) is 6.95. The third kappa shape index (κ3) is 10.9. The van der Waals surface area contributed by atoms with E-state index in [1.165, 1.54) is 12.8 Å². The predicted molar refractivity (Wildman–Crippen MR) is 206 cm³/mol. The standard InChI is InChI=1S/C25H28N2O3.C18H22N2O3/c1-19-11-14-24(30-19)17-27(22-9-5-6-10-22)25(28)26-21-12-15-23(16-13-21)29-18-20-7-3-2-4-8-20;1-13-6-11-17(23-13)12-20(15-4-2-3-5-15)18(22)19-14-7-9-16(21)10-8-14/h2-4,7-8,11-16,22H,5-6,9-10,17-18H2,1H3,(H,26,28);6-11,15,21H,2-5,12H2,1H3,(H,19,22). The van der Waals surface area contributed by atoms with Gasteiger partial charge in [-0.2, -0.15) is 0 Å². The number of ether oxygens (including phenoxy) is 1. The summed E-state index contributed by atoms with van der Waals surface area (Å²) in [6.45, 7) is 5.31. The molecule has 0 unspecified atom stereocenters. The van der Waals surface area contributed by atoms with Crippen LogP contribution in [-0.2, 0) is 19.7 Å². The molecule has 0 radical (unpaired) electrons. The van der Waals surface area contributed by atoms with Crippen LogP contribution in [0.5, 0.6) is 11.5 Å². The van der Waals surface area contributed by atoms with Gasteiger partial charge in [-0.05, 0) is 118 Å². The molecule has 5 aromatic rings. The van der Waals surface area contributed by atoms with Crippen LogP contribution in [0.1, 0.15) is 80.0 Å². The van der Waals surface area contributed by atoms with Crippen molar-refractivity contribution in [2.45, 2.75) is 97.0 Å². The number of rotatable bonds is 11. The second kappa shape index (κ2) is 18.2. The second-order valence-electron chi connectivity index (χ2n) is 13.9. The molecule has 2 saturated carbocycles. The fraction of sp³-hybridized carbons (Fsp3) is 0.349.